The first-order valence-corrected chi connectivity index (χ1v) is 7.14. The van der Waals surface area contributed by atoms with Gasteiger partial charge in [0.2, 0.25) is 0 Å². The summed E-state index contributed by atoms with van der Waals surface area (Å²) in [4.78, 5) is 4.21. The second-order valence-corrected chi connectivity index (χ2v) is 5.49. The van der Waals surface area contributed by atoms with E-state index in [1.54, 1.807) is 0 Å². The molecular weight excluding hydrogens is 274 g/mol. The quantitative estimate of drug-likeness (QED) is 0.592. The van der Waals surface area contributed by atoms with E-state index in [4.69, 9.17) is 0 Å². The first kappa shape index (κ1) is 12.8. The standard InChI is InChI=1S/C17H15N5/c1-10-3-4-11(2)13(7-10)16-14-8-12(17-18-9-19-22-17)5-6-15(14)20-21-16/h3-9H,1-2H3,(H,20,21)(H,18,19,22). The van der Waals surface area contributed by atoms with Crippen molar-refractivity contribution in [2.24, 2.45) is 0 Å². The predicted molar refractivity (Wildman–Crippen MR) is 86.4 cm³/mol. The minimum atomic E-state index is 0.759. The van der Waals surface area contributed by atoms with Crippen molar-refractivity contribution in [3.8, 4) is 22.6 Å². The van der Waals surface area contributed by atoms with Crippen molar-refractivity contribution in [3.05, 3.63) is 53.9 Å². The summed E-state index contributed by atoms with van der Waals surface area (Å²) in [5.74, 6) is 0.759. The van der Waals surface area contributed by atoms with E-state index >= 15 is 0 Å². The maximum atomic E-state index is 4.52. The van der Waals surface area contributed by atoms with Crippen molar-refractivity contribution in [3.63, 3.8) is 0 Å². The zero-order valence-corrected chi connectivity index (χ0v) is 12.4. The Morgan fingerprint density at radius 1 is 0.955 bits per heavy atom. The molecule has 5 nitrogen and oxygen atoms in total. The first-order chi connectivity index (χ1) is 10.7. The number of nitrogens with zero attached hydrogens (tertiary/aromatic N) is 3. The van der Waals surface area contributed by atoms with Crippen LogP contribution in [-0.2, 0) is 0 Å². The van der Waals surface area contributed by atoms with Crippen LogP contribution in [-0.4, -0.2) is 25.4 Å². The van der Waals surface area contributed by atoms with Crippen LogP contribution in [0.15, 0.2) is 42.7 Å². The molecule has 2 aromatic heterocycles. The number of nitrogens with one attached hydrogen (secondary N) is 2. The number of fused-ring (bicyclic) bond motifs is 1. The Balaban J connectivity index is 1.95. The number of rotatable bonds is 2. The fourth-order valence-corrected chi connectivity index (χ4v) is 2.70. The zero-order chi connectivity index (χ0) is 15.1. The van der Waals surface area contributed by atoms with Gasteiger partial charge in [0.15, 0.2) is 5.82 Å². The Labute approximate surface area is 127 Å². The van der Waals surface area contributed by atoms with Crippen LogP contribution in [0, 0.1) is 13.8 Å². The minimum Gasteiger partial charge on any atom is -0.277 e. The molecule has 0 aliphatic heterocycles. The van der Waals surface area contributed by atoms with Gasteiger partial charge in [0.1, 0.15) is 12.0 Å². The number of benzene rings is 2. The summed E-state index contributed by atoms with van der Waals surface area (Å²) in [5.41, 5.74) is 6.57. The predicted octanol–water partition coefficient (Wildman–Crippen LogP) is 3.63. The average molecular weight is 289 g/mol. The van der Waals surface area contributed by atoms with Crippen molar-refractivity contribution in [2.45, 2.75) is 13.8 Å². The van der Waals surface area contributed by atoms with Crippen molar-refractivity contribution >= 4 is 10.9 Å². The molecule has 0 saturated heterocycles. The Bertz CT molecular complexity index is 951. The maximum absolute atomic E-state index is 4.52. The molecule has 5 heteroatoms. The lowest BCUT2D eigenvalue weighted by Crippen LogP contribution is -1.86. The van der Waals surface area contributed by atoms with Gasteiger partial charge in [-0.3, -0.25) is 10.2 Å². The number of aryl methyl sites for hydroxylation is 2. The summed E-state index contributed by atoms with van der Waals surface area (Å²) >= 11 is 0. The largest absolute Gasteiger partial charge is 0.277 e. The molecule has 0 amide bonds. The molecule has 0 saturated carbocycles. The van der Waals surface area contributed by atoms with Gasteiger partial charge in [-0.2, -0.15) is 10.2 Å². The normalized spacial score (nSPS) is 11.2. The third kappa shape index (κ3) is 1.98. The first-order valence-electron chi connectivity index (χ1n) is 7.14. The molecule has 108 valence electrons. The van der Waals surface area contributed by atoms with Crippen LogP contribution in [0.1, 0.15) is 11.1 Å². The monoisotopic (exact) mass is 289 g/mol. The van der Waals surface area contributed by atoms with Crippen molar-refractivity contribution in [1.82, 2.24) is 25.4 Å². The van der Waals surface area contributed by atoms with E-state index in [1.807, 2.05) is 12.1 Å². The molecule has 0 atom stereocenters. The highest BCUT2D eigenvalue weighted by molar-refractivity contribution is 5.95. The summed E-state index contributed by atoms with van der Waals surface area (Å²) in [7, 11) is 0. The van der Waals surface area contributed by atoms with Gasteiger partial charge < -0.3 is 0 Å². The smallest absolute Gasteiger partial charge is 0.155 e. The fourth-order valence-electron chi connectivity index (χ4n) is 2.70. The highest BCUT2D eigenvalue weighted by Crippen LogP contribution is 2.31. The molecule has 4 rings (SSSR count). The Morgan fingerprint density at radius 2 is 1.86 bits per heavy atom. The summed E-state index contributed by atoms with van der Waals surface area (Å²) in [6.45, 7) is 4.20. The Morgan fingerprint density at radius 3 is 2.68 bits per heavy atom. The number of hydrogen-bond acceptors (Lipinski definition) is 3. The van der Waals surface area contributed by atoms with Gasteiger partial charge in [-0.25, -0.2) is 4.98 Å². The highest BCUT2D eigenvalue weighted by Gasteiger charge is 2.12. The molecule has 2 aromatic carbocycles. The van der Waals surface area contributed by atoms with E-state index in [0.29, 0.717) is 0 Å². The molecule has 2 heterocycles. The van der Waals surface area contributed by atoms with Crippen LogP contribution in [0.2, 0.25) is 0 Å². The summed E-state index contributed by atoms with van der Waals surface area (Å²) in [5, 5.41) is 15.5. The van der Waals surface area contributed by atoms with E-state index in [0.717, 1.165) is 33.5 Å². The van der Waals surface area contributed by atoms with Crippen LogP contribution in [0.5, 0.6) is 0 Å². The molecule has 0 aliphatic carbocycles. The maximum Gasteiger partial charge on any atom is 0.155 e. The molecule has 0 radical (unpaired) electrons. The SMILES string of the molecule is Cc1ccc(C)c(-c2n[nH]c3ccc(-c4ncn[nH]4)cc23)c1. The van der Waals surface area contributed by atoms with Crippen LogP contribution < -0.4 is 0 Å². The second kappa shape index (κ2) is 4.80. The number of H-pyrrole nitrogens is 2. The fraction of sp³-hybridized carbons (Fsp3) is 0.118. The lowest BCUT2D eigenvalue weighted by Gasteiger charge is -2.05. The molecule has 0 fully saturated rings. The molecule has 4 aromatic rings. The second-order valence-electron chi connectivity index (χ2n) is 5.49. The molecule has 0 aliphatic rings. The van der Waals surface area contributed by atoms with E-state index in [1.165, 1.54) is 17.5 Å². The van der Waals surface area contributed by atoms with Gasteiger partial charge in [0, 0.05) is 16.5 Å². The van der Waals surface area contributed by atoms with Crippen LogP contribution in [0.4, 0.5) is 0 Å². The van der Waals surface area contributed by atoms with Gasteiger partial charge in [-0.1, -0.05) is 17.7 Å². The summed E-state index contributed by atoms with van der Waals surface area (Å²) < 4.78 is 0. The number of hydrogen-bond donors (Lipinski definition) is 2. The lowest BCUT2D eigenvalue weighted by molar-refractivity contribution is 1.10. The summed E-state index contributed by atoms with van der Waals surface area (Å²) in [6.07, 6.45) is 1.51. The highest BCUT2D eigenvalue weighted by atomic mass is 15.2. The minimum absolute atomic E-state index is 0.759. The van der Waals surface area contributed by atoms with E-state index in [2.05, 4.69) is 63.5 Å². The molecule has 2 N–H and O–H groups in total. The third-order valence-corrected chi connectivity index (χ3v) is 3.90. The van der Waals surface area contributed by atoms with E-state index in [-0.39, 0.29) is 0 Å². The lowest BCUT2D eigenvalue weighted by atomic mass is 9.99. The van der Waals surface area contributed by atoms with Crippen molar-refractivity contribution < 1.29 is 0 Å². The summed E-state index contributed by atoms with van der Waals surface area (Å²) in [6, 6.07) is 12.5. The van der Waals surface area contributed by atoms with E-state index < -0.39 is 0 Å². The van der Waals surface area contributed by atoms with Gasteiger partial charge in [0.05, 0.1) is 5.52 Å². The van der Waals surface area contributed by atoms with Crippen molar-refractivity contribution in [2.75, 3.05) is 0 Å². The third-order valence-electron chi connectivity index (χ3n) is 3.90. The number of aromatic nitrogens is 5. The van der Waals surface area contributed by atoms with Gasteiger partial charge in [-0.15, -0.1) is 0 Å². The Kier molecular flexibility index (Phi) is 2.79. The van der Waals surface area contributed by atoms with Crippen molar-refractivity contribution in [1.29, 1.82) is 0 Å². The zero-order valence-electron chi connectivity index (χ0n) is 12.4. The molecular formula is C17H15N5. The van der Waals surface area contributed by atoms with Crippen LogP contribution >= 0.6 is 0 Å². The van der Waals surface area contributed by atoms with E-state index in [9.17, 15) is 0 Å². The van der Waals surface area contributed by atoms with Gasteiger partial charge in [-0.05, 0) is 43.7 Å². The van der Waals surface area contributed by atoms with Gasteiger partial charge >= 0.3 is 0 Å². The number of aromatic amines is 2. The molecule has 0 spiro atoms. The molecule has 0 bridgehead atoms. The molecule has 0 unspecified atom stereocenters. The van der Waals surface area contributed by atoms with Gasteiger partial charge in [0.25, 0.3) is 0 Å². The average Bonchev–Trinajstić information content (AvgIpc) is 3.18. The molecule has 22 heavy (non-hydrogen) atoms. The Hall–Kier alpha value is -2.95. The topological polar surface area (TPSA) is 70.2 Å². The van der Waals surface area contributed by atoms with Crippen LogP contribution in [0.3, 0.4) is 0 Å². The van der Waals surface area contributed by atoms with Crippen LogP contribution in [0.25, 0.3) is 33.5 Å².